The molecule has 0 bridgehead atoms. The van der Waals surface area contributed by atoms with Gasteiger partial charge < -0.3 is 4.74 Å². The van der Waals surface area contributed by atoms with Crippen LogP contribution in [-0.4, -0.2) is 18.5 Å². The quantitative estimate of drug-likeness (QED) is 0.668. The first-order chi connectivity index (χ1) is 12.3. The first kappa shape index (κ1) is 19.0. The summed E-state index contributed by atoms with van der Waals surface area (Å²) in [6.45, 7) is 6.62. The molecule has 0 radical (unpaired) electrons. The predicted octanol–water partition coefficient (Wildman–Crippen LogP) is 3.95. The molecule has 134 valence electrons. The number of carbonyl (C=O) groups excluding carboxylic acids is 2. The zero-order chi connectivity index (χ0) is 19.2. The van der Waals surface area contributed by atoms with E-state index in [2.05, 4.69) is 5.32 Å². The molecule has 6 heteroatoms. The first-order valence-electron chi connectivity index (χ1n) is 8.13. The van der Waals surface area contributed by atoms with E-state index in [1.54, 1.807) is 60.8 Å². The summed E-state index contributed by atoms with van der Waals surface area (Å²) < 4.78 is 5.70. The van der Waals surface area contributed by atoms with E-state index in [9.17, 15) is 14.9 Å². The van der Waals surface area contributed by atoms with E-state index in [4.69, 9.17) is 4.74 Å². The van der Waals surface area contributed by atoms with Gasteiger partial charge in [0, 0.05) is 11.6 Å². The SMILES string of the molecule is CC(C)(C)COc1cccc(N(C#N)C(=O)NC(=O)c2ccccc2)c1. The minimum atomic E-state index is -0.825. The molecule has 0 aliphatic carbocycles. The van der Waals surface area contributed by atoms with Gasteiger partial charge in [-0.1, -0.05) is 45.0 Å². The van der Waals surface area contributed by atoms with Gasteiger partial charge in [0.05, 0.1) is 12.3 Å². The summed E-state index contributed by atoms with van der Waals surface area (Å²) in [5, 5.41) is 11.6. The monoisotopic (exact) mass is 351 g/mol. The molecule has 1 N–H and O–H groups in total. The highest BCUT2D eigenvalue weighted by molar-refractivity contribution is 6.09. The lowest BCUT2D eigenvalue weighted by atomic mass is 9.99. The first-order valence-corrected chi connectivity index (χ1v) is 8.13. The number of nitrogens with zero attached hydrogens (tertiary/aromatic N) is 2. The van der Waals surface area contributed by atoms with Gasteiger partial charge >= 0.3 is 6.03 Å². The number of nitriles is 1. The Balaban J connectivity index is 2.11. The van der Waals surface area contributed by atoms with Crippen molar-refractivity contribution in [2.45, 2.75) is 20.8 Å². The largest absolute Gasteiger partial charge is 0.493 e. The zero-order valence-corrected chi connectivity index (χ0v) is 15.0. The minimum absolute atomic E-state index is 0.0234. The standard InChI is InChI=1S/C20H21N3O3/c1-20(2,3)13-26-17-11-7-10-16(12-17)23(14-21)19(25)22-18(24)15-8-5-4-6-9-15/h4-12H,13H2,1-3H3,(H,22,24,25). The van der Waals surface area contributed by atoms with Crippen LogP contribution in [0.15, 0.2) is 54.6 Å². The van der Waals surface area contributed by atoms with Gasteiger partial charge in [0.1, 0.15) is 5.75 Å². The lowest BCUT2D eigenvalue weighted by molar-refractivity contribution is 0.0966. The van der Waals surface area contributed by atoms with E-state index < -0.39 is 11.9 Å². The van der Waals surface area contributed by atoms with Crippen LogP contribution in [0.1, 0.15) is 31.1 Å². The summed E-state index contributed by atoms with van der Waals surface area (Å²) in [5.74, 6) is -0.0316. The molecular formula is C20H21N3O3. The fourth-order valence-electron chi connectivity index (χ4n) is 2.05. The number of rotatable bonds is 4. The number of amides is 3. The number of hydrogen-bond donors (Lipinski definition) is 1. The van der Waals surface area contributed by atoms with Crippen molar-refractivity contribution in [2.75, 3.05) is 11.5 Å². The van der Waals surface area contributed by atoms with Gasteiger partial charge in [-0.15, -0.1) is 0 Å². The molecule has 2 rings (SSSR count). The van der Waals surface area contributed by atoms with Crippen LogP contribution in [0.3, 0.4) is 0 Å². The lowest BCUT2D eigenvalue weighted by Gasteiger charge is -2.20. The molecule has 6 nitrogen and oxygen atoms in total. The summed E-state index contributed by atoms with van der Waals surface area (Å²) in [6, 6.07) is 14.1. The molecule has 0 saturated heterocycles. The number of benzene rings is 2. The average molecular weight is 351 g/mol. The van der Waals surface area contributed by atoms with Crippen LogP contribution in [0, 0.1) is 16.9 Å². The molecular weight excluding hydrogens is 330 g/mol. The number of carbonyl (C=O) groups is 2. The molecule has 0 aliphatic heterocycles. The van der Waals surface area contributed by atoms with E-state index >= 15 is 0 Å². The van der Waals surface area contributed by atoms with E-state index in [0.717, 1.165) is 4.90 Å². The van der Waals surface area contributed by atoms with Crippen molar-refractivity contribution in [2.24, 2.45) is 5.41 Å². The van der Waals surface area contributed by atoms with E-state index in [1.165, 1.54) is 0 Å². The van der Waals surface area contributed by atoms with E-state index in [0.29, 0.717) is 23.6 Å². The Hall–Kier alpha value is -3.33. The fourth-order valence-corrected chi connectivity index (χ4v) is 2.05. The van der Waals surface area contributed by atoms with Crippen LogP contribution in [0.5, 0.6) is 5.75 Å². The van der Waals surface area contributed by atoms with Gasteiger partial charge in [-0.3, -0.25) is 10.1 Å². The molecule has 0 saturated carbocycles. The Morgan fingerprint density at radius 1 is 1.12 bits per heavy atom. The maximum Gasteiger partial charge on any atom is 0.342 e. The number of urea groups is 1. The lowest BCUT2D eigenvalue weighted by Crippen LogP contribution is -2.40. The van der Waals surface area contributed by atoms with Crippen molar-refractivity contribution in [3.63, 3.8) is 0 Å². The normalized spacial score (nSPS) is 10.5. The molecule has 0 heterocycles. The zero-order valence-electron chi connectivity index (χ0n) is 15.0. The van der Waals surface area contributed by atoms with Crippen molar-refractivity contribution in [1.82, 2.24) is 5.32 Å². The summed E-state index contributed by atoms with van der Waals surface area (Å²) in [6.07, 6.45) is 1.79. The number of hydrogen-bond acceptors (Lipinski definition) is 4. The maximum atomic E-state index is 12.3. The third-order valence-corrected chi connectivity index (χ3v) is 3.31. The second-order valence-corrected chi connectivity index (χ2v) is 6.91. The predicted molar refractivity (Wildman–Crippen MR) is 98.8 cm³/mol. The molecule has 0 aliphatic rings. The third kappa shape index (κ3) is 5.35. The molecule has 0 aromatic heterocycles. The second kappa shape index (κ2) is 8.17. The molecule has 2 aromatic carbocycles. The Kier molecular flexibility index (Phi) is 5.97. The van der Waals surface area contributed by atoms with E-state index in [1.807, 2.05) is 20.8 Å². The summed E-state index contributed by atoms with van der Waals surface area (Å²) >= 11 is 0. The highest BCUT2D eigenvalue weighted by atomic mass is 16.5. The highest BCUT2D eigenvalue weighted by Gasteiger charge is 2.19. The fraction of sp³-hybridized carbons (Fsp3) is 0.250. The maximum absolute atomic E-state index is 12.3. The van der Waals surface area contributed by atoms with Crippen LogP contribution < -0.4 is 15.0 Å². The van der Waals surface area contributed by atoms with Gasteiger partial charge in [-0.25, -0.2) is 4.79 Å². The van der Waals surface area contributed by atoms with Crippen LogP contribution >= 0.6 is 0 Å². The number of anilines is 1. The molecule has 0 unspecified atom stereocenters. The van der Waals surface area contributed by atoms with Crippen LogP contribution in [-0.2, 0) is 0 Å². The summed E-state index contributed by atoms with van der Waals surface area (Å²) in [4.78, 5) is 25.2. The number of nitrogens with one attached hydrogen (secondary N) is 1. The van der Waals surface area contributed by atoms with Gasteiger partial charge in [0.2, 0.25) is 0 Å². The molecule has 0 atom stereocenters. The number of ether oxygens (including phenoxy) is 1. The Labute approximate surface area is 153 Å². The smallest absolute Gasteiger partial charge is 0.342 e. The van der Waals surface area contributed by atoms with Crippen molar-refractivity contribution >= 4 is 17.6 Å². The van der Waals surface area contributed by atoms with Crippen molar-refractivity contribution < 1.29 is 14.3 Å². The van der Waals surface area contributed by atoms with Gasteiger partial charge in [0.15, 0.2) is 6.19 Å². The van der Waals surface area contributed by atoms with Gasteiger partial charge in [0.25, 0.3) is 5.91 Å². The van der Waals surface area contributed by atoms with Crippen LogP contribution in [0.2, 0.25) is 0 Å². The Morgan fingerprint density at radius 2 is 1.81 bits per heavy atom. The molecule has 0 spiro atoms. The van der Waals surface area contributed by atoms with Crippen molar-refractivity contribution in [3.8, 4) is 11.9 Å². The summed E-state index contributed by atoms with van der Waals surface area (Å²) in [5.41, 5.74) is 0.628. The molecule has 0 fully saturated rings. The molecule has 3 amide bonds. The van der Waals surface area contributed by atoms with Gasteiger partial charge in [-0.05, 0) is 29.7 Å². The minimum Gasteiger partial charge on any atom is -0.493 e. The molecule has 26 heavy (non-hydrogen) atoms. The number of imide groups is 1. The third-order valence-electron chi connectivity index (χ3n) is 3.31. The molecule has 2 aromatic rings. The van der Waals surface area contributed by atoms with Crippen molar-refractivity contribution in [3.05, 3.63) is 60.2 Å². The average Bonchev–Trinajstić information content (AvgIpc) is 2.61. The Bertz CT molecular complexity index is 820. The van der Waals surface area contributed by atoms with Crippen molar-refractivity contribution in [1.29, 1.82) is 5.26 Å². The second-order valence-electron chi connectivity index (χ2n) is 6.91. The van der Waals surface area contributed by atoms with Crippen LogP contribution in [0.25, 0.3) is 0 Å². The van der Waals surface area contributed by atoms with Crippen LogP contribution in [0.4, 0.5) is 10.5 Å². The highest BCUT2D eigenvalue weighted by Crippen LogP contribution is 2.23. The summed E-state index contributed by atoms with van der Waals surface area (Å²) in [7, 11) is 0. The topological polar surface area (TPSA) is 82.4 Å². The van der Waals surface area contributed by atoms with E-state index in [-0.39, 0.29) is 5.41 Å². The van der Waals surface area contributed by atoms with Gasteiger partial charge in [-0.2, -0.15) is 10.2 Å². The Morgan fingerprint density at radius 3 is 2.42 bits per heavy atom.